The van der Waals surface area contributed by atoms with Gasteiger partial charge in [-0.05, 0) is 50.1 Å². The molecule has 2 amide bonds. The Morgan fingerprint density at radius 3 is 2.00 bits per heavy atom. The predicted octanol–water partition coefficient (Wildman–Crippen LogP) is 4.86. The van der Waals surface area contributed by atoms with E-state index in [1.165, 1.54) is 0 Å². The summed E-state index contributed by atoms with van der Waals surface area (Å²) in [5, 5.41) is 4.47. The van der Waals surface area contributed by atoms with Crippen LogP contribution in [0.1, 0.15) is 22.3 Å². The van der Waals surface area contributed by atoms with Gasteiger partial charge >= 0.3 is 18.0 Å². The average molecular weight is 385 g/mol. The highest BCUT2D eigenvalue weighted by Gasteiger charge is 2.31. The SMILES string of the molecule is Cc1cc(C)c(NC(=O)C(=O)Nc2cc(C(F)(F)F)ccc2Cl)c(C)c1. The van der Waals surface area contributed by atoms with Gasteiger partial charge in [-0.15, -0.1) is 0 Å². The summed E-state index contributed by atoms with van der Waals surface area (Å²) < 4.78 is 38.3. The minimum absolute atomic E-state index is 0.109. The average Bonchev–Trinajstić information content (AvgIpc) is 2.51. The zero-order chi connectivity index (χ0) is 19.6. The minimum Gasteiger partial charge on any atom is -0.317 e. The van der Waals surface area contributed by atoms with E-state index in [1.54, 1.807) is 13.8 Å². The highest BCUT2D eigenvalue weighted by molar-refractivity contribution is 6.45. The maximum absolute atomic E-state index is 12.8. The van der Waals surface area contributed by atoms with Gasteiger partial charge in [0.1, 0.15) is 0 Å². The lowest BCUT2D eigenvalue weighted by Gasteiger charge is -2.14. The van der Waals surface area contributed by atoms with Crippen molar-refractivity contribution >= 4 is 34.8 Å². The third-order valence-electron chi connectivity index (χ3n) is 3.66. The third kappa shape index (κ3) is 4.54. The summed E-state index contributed by atoms with van der Waals surface area (Å²) in [7, 11) is 0. The number of carbonyl (C=O) groups is 2. The molecule has 0 spiro atoms. The Morgan fingerprint density at radius 1 is 0.923 bits per heavy atom. The normalized spacial score (nSPS) is 11.2. The highest BCUT2D eigenvalue weighted by atomic mass is 35.5. The standard InChI is InChI=1S/C18H16ClF3N2O2/c1-9-6-10(2)15(11(3)7-9)24-17(26)16(25)23-14-8-12(18(20,21)22)4-5-13(14)19/h4-8H,1-3H3,(H,23,25)(H,24,26). The topological polar surface area (TPSA) is 58.2 Å². The fraction of sp³-hybridized carbons (Fsp3) is 0.222. The molecule has 2 aromatic rings. The van der Waals surface area contributed by atoms with Gasteiger partial charge in [0.15, 0.2) is 0 Å². The van der Waals surface area contributed by atoms with Crippen molar-refractivity contribution in [3.05, 3.63) is 57.6 Å². The first-order chi connectivity index (χ1) is 12.0. The van der Waals surface area contributed by atoms with E-state index in [0.29, 0.717) is 11.8 Å². The number of alkyl halides is 3. The van der Waals surface area contributed by atoms with Gasteiger partial charge in [-0.2, -0.15) is 13.2 Å². The number of carbonyl (C=O) groups excluding carboxylic acids is 2. The molecule has 0 fully saturated rings. The number of halogens is 4. The number of anilines is 2. The molecule has 0 saturated heterocycles. The number of nitrogens with one attached hydrogen (secondary N) is 2. The molecule has 0 aliphatic rings. The second-order valence-corrected chi connectivity index (χ2v) is 6.28. The molecule has 0 bridgehead atoms. The van der Waals surface area contributed by atoms with Gasteiger partial charge in [0.2, 0.25) is 0 Å². The first-order valence-corrected chi connectivity index (χ1v) is 7.93. The molecule has 0 aliphatic carbocycles. The van der Waals surface area contributed by atoms with Crippen LogP contribution in [0.4, 0.5) is 24.5 Å². The summed E-state index contributed by atoms with van der Waals surface area (Å²) in [6.45, 7) is 5.45. The fourth-order valence-electron chi connectivity index (χ4n) is 2.52. The summed E-state index contributed by atoms with van der Waals surface area (Å²) >= 11 is 5.81. The van der Waals surface area contributed by atoms with Crippen LogP contribution in [0, 0.1) is 20.8 Å². The molecule has 0 heterocycles. The minimum atomic E-state index is -4.59. The molecule has 0 radical (unpaired) electrons. The molecule has 2 aromatic carbocycles. The van der Waals surface area contributed by atoms with E-state index in [0.717, 1.165) is 28.8 Å². The molecule has 4 nitrogen and oxygen atoms in total. The predicted molar refractivity (Wildman–Crippen MR) is 94.4 cm³/mol. The lowest BCUT2D eigenvalue weighted by molar-refractivity contribution is -0.137. The number of benzene rings is 2. The molecule has 2 N–H and O–H groups in total. The first-order valence-electron chi connectivity index (χ1n) is 7.56. The quantitative estimate of drug-likeness (QED) is 0.726. The fourth-order valence-corrected chi connectivity index (χ4v) is 2.69. The van der Waals surface area contributed by atoms with E-state index in [9.17, 15) is 22.8 Å². The summed E-state index contributed by atoms with van der Waals surface area (Å²) in [5.74, 6) is -2.13. The lowest BCUT2D eigenvalue weighted by atomic mass is 10.1. The molecular weight excluding hydrogens is 369 g/mol. The van der Waals surface area contributed by atoms with E-state index < -0.39 is 23.6 Å². The maximum atomic E-state index is 12.8. The van der Waals surface area contributed by atoms with Crippen molar-refractivity contribution in [1.82, 2.24) is 0 Å². The van der Waals surface area contributed by atoms with Gasteiger partial charge in [0.25, 0.3) is 0 Å². The number of amides is 2. The van der Waals surface area contributed by atoms with Gasteiger partial charge in [-0.1, -0.05) is 29.3 Å². The molecule has 0 aliphatic heterocycles. The van der Waals surface area contributed by atoms with E-state index in [4.69, 9.17) is 11.6 Å². The van der Waals surface area contributed by atoms with E-state index in [-0.39, 0.29) is 10.7 Å². The van der Waals surface area contributed by atoms with Crippen molar-refractivity contribution in [3.8, 4) is 0 Å². The summed E-state index contributed by atoms with van der Waals surface area (Å²) in [4.78, 5) is 24.2. The van der Waals surface area contributed by atoms with Crippen molar-refractivity contribution in [2.24, 2.45) is 0 Å². The summed E-state index contributed by atoms with van der Waals surface area (Å²) in [6, 6.07) is 6.15. The first kappa shape index (κ1) is 19.8. The van der Waals surface area contributed by atoms with Crippen LogP contribution in [0.25, 0.3) is 0 Å². The molecule has 0 unspecified atom stereocenters. The second kappa shape index (κ2) is 7.37. The van der Waals surface area contributed by atoms with E-state index >= 15 is 0 Å². The number of hydrogen-bond donors (Lipinski definition) is 2. The number of rotatable bonds is 2. The maximum Gasteiger partial charge on any atom is 0.416 e. The Bertz CT molecular complexity index is 856. The van der Waals surface area contributed by atoms with Crippen LogP contribution in [0.3, 0.4) is 0 Å². The number of aryl methyl sites for hydroxylation is 3. The molecule has 0 saturated carbocycles. The second-order valence-electron chi connectivity index (χ2n) is 5.87. The van der Waals surface area contributed by atoms with Crippen LogP contribution >= 0.6 is 11.6 Å². The van der Waals surface area contributed by atoms with Crippen molar-refractivity contribution in [3.63, 3.8) is 0 Å². The van der Waals surface area contributed by atoms with Gasteiger partial charge in [0, 0.05) is 5.69 Å². The van der Waals surface area contributed by atoms with Crippen molar-refractivity contribution < 1.29 is 22.8 Å². The van der Waals surface area contributed by atoms with Crippen LogP contribution < -0.4 is 10.6 Å². The summed E-state index contributed by atoms with van der Waals surface area (Å²) in [6.07, 6.45) is -4.59. The van der Waals surface area contributed by atoms with E-state index in [1.807, 2.05) is 19.1 Å². The van der Waals surface area contributed by atoms with Crippen LogP contribution in [0.15, 0.2) is 30.3 Å². The van der Waals surface area contributed by atoms with Gasteiger partial charge in [-0.3, -0.25) is 9.59 Å². The Hall–Kier alpha value is -2.54. The largest absolute Gasteiger partial charge is 0.416 e. The van der Waals surface area contributed by atoms with Gasteiger partial charge in [0.05, 0.1) is 16.3 Å². The summed E-state index contributed by atoms with van der Waals surface area (Å²) in [5.41, 5.74) is 1.73. The van der Waals surface area contributed by atoms with Crippen LogP contribution in [-0.2, 0) is 15.8 Å². The monoisotopic (exact) mass is 384 g/mol. The molecular formula is C18H16ClF3N2O2. The molecule has 8 heteroatoms. The smallest absolute Gasteiger partial charge is 0.317 e. The molecule has 0 aromatic heterocycles. The zero-order valence-electron chi connectivity index (χ0n) is 14.2. The van der Waals surface area contributed by atoms with Crippen LogP contribution in [0.5, 0.6) is 0 Å². The van der Waals surface area contributed by atoms with Crippen molar-refractivity contribution in [2.75, 3.05) is 10.6 Å². The molecule has 26 heavy (non-hydrogen) atoms. The lowest BCUT2D eigenvalue weighted by Crippen LogP contribution is -2.30. The van der Waals surface area contributed by atoms with E-state index in [2.05, 4.69) is 10.6 Å². The number of hydrogen-bond acceptors (Lipinski definition) is 2. The Labute approximate surface area is 153 Å². The molecule has 0 atom stereocenters. The zero-order valence-corrected chi connectivity index (χ0v) is 15.0. The Morgan fingerprint density at radius 2 is 1.46 bits per heavy atom. The molecule has 2 rings (SSSR count). The van der Waals surface area contributed by atoms with Crippen LogP contribution in [-0.4, -0.2) is 11.8 Å². The van der Waals surface area contributed by atoms with Gasteiger partial charge in [-0.25, -0.2) is 0 Å². The molecule has 138 valence electrons. The van der Waals surface area contributed by atoms with Gasteiger partial charge < -0.3 is 10.6 Å². The van der Waals surface area contributed by atoms with Crippen LogP contribution in [0.2, 0.25) is 5.02 Å². The third-order valence-corrected chi connectivity index (χ3v) is 3.99. The highest BCUT2D eigenvalue weighted by Crippen LogP contribution is 2.33. The Balaban J connectivity index is 2.19. The van der Waals surface area contributed by atoms with Crippen molar-refractivity contribution in [2.45, 2.75) is 26.9 Å². The van der Waals surface area contributed by atoms with Crippen molar-refractivity contribution in [1.29, 1.82) is 0 Å². The Kier molecular flexibility index (Phi) is 5.61.